The van der Waals surface area contributed by atoms with Crippen molar-refractivity contribution < 1.29 is 0 Å². The third-order valence-corrected chi connectivity index (χ3v) is 3.57. The van der Waals surface area contributed by atoms with Gasteiger partial charge in [-0.05, 0) is 12.5 Å². The molecule has 0 unspecified atom stereocenters. The maximum atomic E-state index is 6.08. The Morgan fingerprint density at radius 2 is 1.55 bits per heavy atom. The molecule has 4 heteroatoms. The molecule has 3 aromatic rings. The quantitative estimate of drug-likeness (QED) is 0.771. The van der Waals surface area contributed by atoms with Crippen molar-refractivity contribution in [2.24, 2.45) is 0 Å². The number of fused-ring (bicyclic) bond motifs is 1. The van der Waals surface area contributed by atoms with Gasteiger partial charge in [0.15, 0.2) is 11.0 Å². The molecule has 1 atom stereocenters. The van der Waals surface area contributed by atoms with Crippen LogP contribution in [0.25, 0.3) is 10.8 Å². The van der Waals surface area contributed by atoms with Crippen molar-refractivity contribution in [3.63, 3.8) is 0 Å². The number of nitrogens with zero attached hydrogens (tertiary/aromatic N) is 2. The number of anilines is 1. The third-order valence-electron chi connectivity index (χ3n) is 3.30. The zero-order valence-electron chi connectivity index (χ0n) is 11.0. The van der Waals surface area contributed by atoms with Crippen LogP contribution in [0.1, 0.15) is 18.5 Å². The number of hydrogen-bond donors (Lipinski definition) is 1. The van der Waals surface area contributed by atoms with E-state index in [-0.39, 0.29) is 6.04 Å². The molecule has 20 heavy (non-hydrogen) atoms. The second-order valence-corrected chi connectivity index (χ2v) is 5.02. The molecule has 0 bridgehead atoms. The fourth-order valence-corrected chi connectivity index (χ4v) is 2.41. The Hall–Kier alpha value is -2.13. The van der Waals surface area contributed by atoms with E-state index in [0.29, 0.717) is 5.15 Å². The molecule has 0 aliphatic rings. The van der Waals surface area contributed by atoms with E-state index in [1.165, 1.54) is 5.56 Å². The molecule has 1 heterocycles. The van der Waals surface area contributed by atoms with Gasteiger partial charge in [0.05, 0.1) is 6.04 Å². The molecule has 0 radical (unpaired) electrons. The SMILES string of the molecule is C[C@@H](Nc1nnc(Cl)c2ccccc12)c1ccccc1. The van der Waals surface area contributed by atoms with Gasteiger partial charge in [0.25, 0.3) is 0 Å². The highest BCUT2D eigenvalue weighted by Crippen LogP contribution is 2.28. The number of halogens is 1. The summed E-state index contributed by atoms with van der Waals surface area (Å²) in [7, 11) is 0. The van der Waals surface area contributed by atoms with Crippen LogP contribution in [-0.4, -0.2) is 10.2 Å². The van der Waals surface area contributed by atoms with Gasteiger partial charge >= 0.3 is 0 Å². The topological polar surface area (TPSA) is 37.8 Å². The molecular weight excluding hydrogens is 270 g/mol. The molecule has 3 nitrogen and oxygen atoms in total. The van der Waals surface area contributed by atoms with Crippen LogP contribution >= 0.6 is 11.6 Å². The summed E-state index contributed by atoms with van der Waals surface area (Å²) in [6.45, 7) is 2.10. The van der Waals surface area contributed by atoms with Crippen LogP contribution in [0.5, 0.6) is 0 Å². The van der Waals surface area contributed by atoms with Crippen molar-refractivity contribution in [3.8, 4) is 0 Å². The molecular formula is C16H14ClN3. The normalized spacial score (nSPS) is 12.3. The van der Waals surface area contributed by atoms with Crippen molar-refractivity contribution in [2.75, 3.05) is 5.32 Å². The molecule has 0 amide bonds. The largest absolute Gasteiger partial charge is 0.362 e. The highest BCUT2D eigenvalue weighted by molar-refractivity contribution is 6.34. The van der Waals surface area contributed by atoms with Crippen LogP contribution < -0.4 is 5.32 Å². The van der Waals surface area contributed by atoms with Crippen LogP contribution in [0.3, 0.4) is 0 Å². The van der Waals surface area contributed by atoms with Crippen LogP contribution in [0.4, 0.5) is 5.82 Å². The number of aromatic nitrogens is 2. The second kappa shape index (κ2) is 5.47. The Kier molecular flexibility index (Phi) is 3.52. The fourth-order valence-electron chi connectivity index (χ4n) is 2.21. The Labute approximate surface area is 122 Å². The Bertz CT molecular complexity index is 728. The van der Waals surface area contributed by atoms with Gasteiger partial charge in [0.2, 0.25) is 0 Å². The van der Waals surface area contributed by atoms with Crippen molar-refractivity contribution in [1.82, 2.24) is 10.2 Å². The van der Waals surface area contributed by atoms with E-state index in [2.05, 4.69) is 34.6 Å². The van der Waals surface area contributed by atoms with Crippen LogP contribution in [0.2, 0.25) is 5.15 Å². The minimum Gasteiger partial charge on any atom is -0.362 e. The van der Waals surface area contributed by atoms with Gasteiger partial charge in [-0.15, -0.1) is 10.2 Å². The van der Waals surface area contributed by atoms with Gasteiger partial charge in [0, 0.05) is 10.8 Å². The van der Waals surface area contributed by atoms with Crippen molar-refractivity contribution in [3.05, 3.63) is 65.3 Å². The van der Waals surface area contributed by atoms with Gasteiger partial charge in [-0.25, -0.2) is 0 Å². The molecule has 2 aromatic carbocycles. The Balaban J connectivity index is 1.97. The summed E-state index contributed by atoms with van der Waals surface area (Å²) in [5.41, 5.74) is 1.20. The van der Waals surface area contributed by atoms with Gasteiger partial charge in [-0.2, -0.15) is 0 Å². The maximum Gasteiger partial charge on any atom is 0.159 e. The minimum absolute atomic E-state index is 0.148. The highest BCUT2D eigenvalue weighted by Gasteiger charge is 2.10. The van der Waals surface area contributed by atoms with E-state index in [0.717, 1.165) is 16.6 Å². The van der Waals surface area contributed by atoms with Crippen LogP contribution in [-0.2, 0) is 0 Å². The molecule has 100 valence electrons. The average molecular weight is 284 g/mol. The predicted molar refractivity (Wildman–Crippen MR) is 83.0 cm³/mol. The lowest BCUT2D eigenvalue weighted by molar-refractivity contribution is 0.865. The summed E-state index contributed by atoms with van der Waals surface area (Å²) in [5.74, 6) is 0.751. The van der Waals surface area contributed by atoms with Gasteiger partial charge in [-0.3, -0.25) is 0 Å². The standard InChI is InChI=1S/C16H14ClN3/c1-11(12-7-3-2-4-8-12)18-16-14-10-6-5-9-13(14)15(17)19-20-16/h2-11H,1H3,(H,18,20)/t11-/m1/s1. The molecule has 0 saturated heterocycles. The van der Waals surface area contributed by atoms with Crippen LogP contribution in [0, 0.1) is 0 Å². The van der Waals surface area contributed by atoms with Crippen LogP contribution in [0.15, 0.2) is 54.6 Å². The zero-order chi connectivity index (χ0) is 13.9. The first kappa shape index (κ1) is 12.9. The molecule has 3 rings (SSSR count). The molecule has 0 aliphatic carbocycles. The number of rotatable bonds is 3. The molecule has 0 fully saturated rings. The van der Waals surface area contributed by atoms with E-state index in [1.54, 1.807) is 0 Å². The van der Waals surface area contributed by atoms with Crippen molar-refractivity contribution >= 4 is 28.2 Å². The minimum atomic E-state index is 0.148. The summed E-state index contributed by atoms with van der Waals surface area (Å²) in [6.07, 6.45) is 0. The van der Waals surface area contributed by atoms with E-state index in [1.807, 2.05) is 42.5 Å². The molecule has 0 aliphatic heterocycles. The van der Waals surface area contributed by atoms with E-state index in [9.17, 15) is 0 Å². The number of benzene rings is 2. The Morgan fingerprint density at radius 1 is 0.900 bits per heavy atom. The predicted octanol–water partition coefficient (Wildman–Crippen LogP) is 4.46. The lowest BCUT2D eigenvalue weighted by Gasteiger charge is -2.16. The monoisotopic (exact) mass is 283 g/mol. The number of hydrogen-bond acceptors (Lipinski definition) is 3. The lowest BCUT2D eigenvalue weighted by Crippen LogP contribution is -2.09. The summed E-state index contributed by atoms with van der Waals surface area (Å²) in [5, 5.41) is 13.9. The van der Waals surface area contributed by atoms with Gasteiger partial charge < -0.3 is 5.32 Å². The fraction of sp³-hybridized carbons (Fsp3) is 0.125. The first-order valence-electron chi connectivity index (χ1n) is 6.48. The third kappa shape index (κ3) is 2.45. The van der Waals surface area contributed by atoms with E-state index >= 15 is 0 Å². The zero-order valence-corrected chi connectivity index (χ0v) is 11.8. The smallest absolute Gasteiger partial charge is 0.159 e. The first-order valence-corrected chi connectivity index (χ1v) is 6.86. The highest BCUT2D eigenvalue weighted by atomic mass is 35.5. The Morgan fingerprint density at radius 3 is 2.30 bits per heavy atom. The van der Waals surface area contributed by atoms with E-state index in [4.69, 9.17) is 11.6 Å². The van der Waals surface area contributed by atoms with Crippen molar-refractivity contribution in [2.45, 2.75) is 13.0 Å². The summed E-state index contributed by atoms with van der Waals surface area (Å²) < 4.78 is 0. The first-order chi connectivity index (χ1) is 9.75. The summed E-state index contributed by atoms with van der Waals surface area (Å²) in [4.78, 5) is 0. The molecule has 0 saturated carbocycles. The number of nitrogens with one attached hydrogen (secondary N) is 1. The molecule has 1 aromatic heterocycles. The lowest BCUT2D eigenvalue weighted by atomic mass is 10.1. The van der Waals surface area contributed by atoms with E-state index < -0.39 is 0 Å². The van der Waals surface area contributed by atoms with Crippen molar-refractivity contribution in [1.29, 1.82) is 0 Å². The average Bonchev–Trinajstić information content (AvgIpc) is 2.51. The summed E-state index contributed by atoms with van der Waals surface area (Å²) >= 11 is 6.08. The van der Waals surface area contributed by atoms with Gasteiger partial charge in [0.1, 0.15) is 0 Å². The second-order valence-electron chi connectivity index (χ2n) is 4.66. The maximum absolute atomic E-state index is 6.08. The molecule has 1 N–H and O–H groups in total. The molecule has 0 spiro atoms. The van der Waals surface area contributed by atoms with Gasteiger partial charge in [-0.1, -0.05) is 66.2 Å². The summed E-state index contributed by atoms with van der Waals surface area (Å²) in [6, 6.07) is 18.2.